The van der Waals surface area contributed by atoms with Gasteiger partial charge >= 0.3 is 0 Å². The van der Waals surface area contributed by atoms with E-state index in [-0.39, 0.29) is 11.9 Å². The first-order valence-electron chi connectivity index (χ1n) is 5.38. The molecule has 0 aliphatic carbocycles. The average molecular weight is 221 g/mol. The van der Waals surface area contributed by atoms with E-state index < -0.39 is 0 Å². The van der Waals surface area contributed by atoms with Crippen LogP contribution in [-0.2, 0) is 11.3 Å². The zero-order valence-corrected chi connectivity index (χ0v) is 10.3. The van der Waals surface area contributed by atoms with Gasteiger partial charge < -0.3 is 10.2 Å². The minimum absolute atomic E-state index is 0.0765. The first kappa shape index (κ1) is 12.6. The Morgan fingerprint density at radius 2 is 2.19 bits per heavy atom. The highest BCUT2D eigenvalue weighted by atomic mass is 16.2. The van der Waals surface area contributed by atoms with Crippen LogP contribution in [0.3, 0.4) is 0 Å². The molecule has 1 aromatic rings. The van der Waals surface area contributed by atoms with Gasteiger partial charge in [0.05, 0.1) is 11.7 Å². The van der Waals surface area contributed by atoms with Gasteiger partial charge in [0.25, 0.3) is 0 Å². The van der Waals surface area contributed by atoms with E-state index in [2.05, 4.69) is 10.3 Å². The molecule has 1 amide bonds. The van der Waals surface area contributed by atoms with Gasteiger partial charge in [0, 0.05) is 26.3 Å². The average Bonchev–Trinajstić information content (AvgIpc) is 2.24. The zero-order chi connectivity index (χ0) is 12.1. The summed E-state index contributed by atoms with van der Waals surface area (Å²) in [6, 6.07) is 5.69. The summed E-state index contributed by atoms with van der Waals surface area (Å²) < 4.78 is 0. The number of aromatic nitrogens is 1. The number of nitrogens with one attached hydrogen (secondary N) is 1. The number of hydrogen-bond donors (Lipinski definition) is 1. The topological polar surface area (TPSA) is 45.2 Å². The Morgan fingerprint density at radius 3 is 2.75 bits per heavy atom. The predicted octanol–water partition coefficient (Wildman–Crippen LogP) is 0.956. The number of pyridine rings is 1. The molecule has 1 heterocycles. The number of rotatable bonds is 4. The Kier molecular flexibility index (Phi) is 4.43. The molecule has 0 aromatic carbocycles. The van der Waals surface area contributed by atoms with E-state index in [4.69, 9.17) is 0 Å². The van der Waals surface area contributed by atoms with Gasteiger partial charge in [0.2, 0.25) is 5.91 Å². The highest BCUT2D eigenvalue weighted by Gasteiger charge is 2.13. The Hall–Kier alpha value is -1.42. The molecule has 1 N–H and O–H groups in total. The molecular formula is C12H19N3O. The van der Waals surface area contributed by atoms with Crippen LogP contribution in [0.4, 0.5) is 0 Å². The summed E-state index contributed by atoms with van der Waals surface area (Å²) in [6.07, 6.45) is 0. The van der Waals surface area contributed by atoms with Crippen LogP contribution in [0.25, 0.3) is 0 Å². The Bertz CT molecular complexity index is 363. The summed E-state index contributed by atoms with van der Waals surface area (Å²) >= 11 is 0. The van der Waals surface area contributed by atoms with Crippen LogP contribution < -0.4 is 5.32 Å². The van der Waals surface area contributed by atoms with Gasteiger partial charge in [0.1, 0.15) is 0 Å². The fourth-order valence-corrected chi connectivity index (χ4v) is 1.43. The molecule has 0 saturated heterocycles. The molecule has 1 atom stereocenters. The van der Waals surface area contributed by atoms with Gasteiger partial charge in [-0.1, -0.05) is 6.07 Å². The predicted molar refractivity (Wildman–Crippen MR) is 64.0 cm³/mol. The molecule has 0 fully saturated rings. The molecule has 0 aliphatic rings. The zero-order valence-electron chi connectivity index (χ0n) is 10.3. The van der Waals surface area contributed by atoms with E-state index in [9.17, 15) is 4.79 Å². The van der Waals surface area contributed by atoms with E-state index in [0.717, 1.165) is 11.4 Å². The van der Waals surface area contributed by atoms with E-state index in [1.165, 1.54) is 0 Å². The number of nitrogens with zero attached hydrogens (tertiary/aromatic N) is 2. The summed E-state index contributed by atoms with van der Waals surface area (Å²) in [5, 5.41) is 3.15. The quantitative estimate of drug-likeness (QED) is 0.823. The van der Waals surface area contributed by atoms with Crippen LogP contribution in [0.1, 0.15) is 18.3 Å². The third kappa shape index (κ3) is 3.62. The fourth-order valence-electron chi connectivity index (χ4n) is 1.43. The molecule has 1 unspecified atom stereocenters. The lowest BCUT2D eigenvalue weighted by molar-refractivity contribution is -0.130. The van der Waals surface area contributed by atoms with Crippen molar-refractivity contribution in [1.29, 1.82) is 0 Å². The van der Waals surface area contributed by atoms with Gasteiger partial charge in [-0.25, -0.2) is 0 Å². The monoisotopic (exact) mass is 221 g/mol. The van der Waals surface area contributed by atoms with Crippen LogP contribution in [0, 0.1) is 6.92 Å². The van der Waals surface area contributed by atoms with Crippen molar-refractivity contribution in [3.05, 3.63) is 29.6 Å². The largest absolute Gasteiger partial charge is 0.347 e. The molecule has 16 heavy (non-hydrogen) atoms. The van der Waals surface area contributed by atoms with Crippen molar-refractivity contribution in [3.63, 3.8) is 0 Å². The van der Waals surface area contributed by atoms with Crippen LogP contribution in [-0.4, -0.2) is 35.9 Å². The molecule has 0 aliphatic heterocycles. The summed E-state index contributed by atoms with van der Waals surface area (Å²) in [4.78, 5) is 17.5. The molecular weight excluding hydrogens is 202 g/mol. The Balaban J connectivity index is 2.49. The molecule has 88 valence electrons. The second-order valence-electron chi connectivity index (χ2n) is 4.11. The van der Waals surface area contributed by atoms with Crippen molar-refractivity contribution < 1.29 is 4.79 Å². The summed E-state index contributed by atoms with van der Waals surface area (Å²) in [6.45, 7) is 4.43. The molecule has 4 nitrogen and oxygen atoms in total. The third-order valence-electron chi connectivity index (χ3n) is 2.35. The second-order valence-corrected chi connectivity index (χ2v) is 4.11. The van der Waals surface area contributed by atoms with Crippen molar-refractivity contribution in [1.82, 2.24) is 15.2 Å². The molecule has 0 radical (unpaired) electrons. The Morgan fingerprint density at radius 1 is 1.50 bits per heavy atom. The van der Waals surface area contributed by atoms with E-state index in [1.54, 1.807) is 19.0 Å². The van der Waals surface area contributed by atoms with E-state index >= 15 is 0 Å². The van der Waals surface area contributed by atoms with Crippen molar-refractivity contribution in [2.45, 2.75) is 26.4 Å². The van der Waals surface area contributed by atoms with Crippen molar-refractivity contribution in [3.8, 4) is 0 Å². The van der Waals surface area contributed by atoms with Gasteiger partial charge in [-0.05, 0) is 26.0 Å². The van der Waals surface area contributed by atoms with Crippen molar-refractivity contribution in [2.75, 3.05) is 14.1 Å². The number of aryl methyl sites for hydroxylation is 1. The lowest BCUT2D eigenvalue weighted by atomic mass is 10.2. The molecule has 0 bridgehead atoms. The Labute approximate surface area is 96.7 Å². The van der Waals surface area contributed by atoms with Crippen molar-refractivity contribution in [2.24, 2.45) is 0 Å². The normalized spacial score (nSPS) is 12.2. The van der Waals surface area contributed by atoms with Crippen molar-refractivity contribution >= 4 is 5.91 Å². The maximum atomic E-state index is 11.6. The lowest BCUT2D eigenvalue weighted by Crippen LogP contribution is -2.41. The second kappa shape index (κ2) is 5.61. The smallest absolute Gasteiger partial charge is 0.238 e. The number of carbonyl (C=O) groups is 1. The summed E-state index contributed by atoms with van der Waals surface area (Å²) in [7, 11) is 3.51. The first-order valence-corrected chi connectivity index (χ1v) is 5.38. The maximum Gasteiger partial charge on any atom is 0.238 e. The minimum atomic E-state index is -0.183. The molecule has 0 saturated carbocycles. The SMILES string of the molecule is Cc1cccc(CNC(C)C(=O)N(C)C)n1. The summed E-state index contributed by atoms with van der Waals surface area (Å²) in [5.41, 5.74) is 1.95. The van der Waals surface area contributed by atoms with Gasteiger partial charge in [-0.15, -0.1) is 0 Å². The summed E-state index contributed by atoms with van der Waals surface area (Å²) in [5.74, 6) is 0.0765. The van der Waals surface area contributed by atoms with Crippen LogP contribution in [0.15, 0.2) is 18.2 Å². The standard InChI is InChI=1S/C12H19N3O/c1-9-6-5-7-11(14-9)8-13-10(2)12(16)15(3)4/h5-7,10,13H,8H2,1-4H3. The first-order chi connectivity index (χ1) is 7.50. The lowest BCUT2D eigenvalue weighted by Gasteiger charge is -2.17. The maximum absolute atomic E-state index is 11.6. The van der Waals surface area contributed by atoms with Gasteiger partial charge in [-0.2, -0.15) is 0 Å². The minimum Gasteiger partial charge on any atom is -0.347 e. The molecule has 0 spiro atoms. The van der Waals surface area contributed by atoms with Crippen LogP contribution in [0.5, 0.6) is 0 Å². The van der Waals surface area contributed by atoms with E-state index in [1.807, 2.05) is 32.0 Å². The number of amides is 1. The van der Waals surface area contributed by atoms with Gasteiger partial charge in [0.15, 0.2) is 0 Å². The molecule has 1 aromatic heterocycles. The van der Waals surface area contributed by atoms with Crippen LogP contribution in [0.2, 0.25) is 0 Å². The van der Waals surface area contributed by atoms with E-state index in [0.29, 0.717) is 6.54 Å². The van der Waals surface area contributed by atoms with Gasteiger partial charge in [-0.3, -0.25) is 9.78 Å². The number of hydrogen-bond acceptors (Lipinski definition) is 3. The third-order valence-corrected chi connectivity index (χ3v) is 2.35. The highest BCUT2D eigenvalue weighted by Crippen LogP contribution is 1.98. The van der Waals surface area contributed by atoms with Crippen LogP contribution >= 0.6 is 0 Å². The fraction of sp³-hybridized carbons (Fsp3) is 0.500. The molecule has 4 heteroatoms. The number of likely N-dealkylation sites (N-methyl/N-ethyl adjacent to an activating group) is 1. The molecule has 1 rings (SSSR count). The highest BCUT2D eigenvalue weighted by molar-refractivity contribution is 5.80. The number of carbonyl (C=O) groups excluding carboxylic acids is 1.